The van der Waals surface area contributed by atoms with Crippen LogP contribution < -0.4 is 15.8 Å². The van der Waals surface area contributed by atoms with E-state index in [0.717, 1.165) is 4.90 Å². The number of ether oxygens (including phenoxy) is 1. The summed E-state index contributed by atoms with van der Waals surface area (Å²) in [5.74, 6) is 0.892. The highest BCUT2D eigenvalue weighted by Gasteiger charge is 2.10. The van der Waals surface area contributed by atoms with E-state index in [0.29, 0.717) is 22.9 Å². The molecule has 6 heteroatoms. The van der Waals surface area contributed by atoms with E-state index in [2.05, 4.69) is 10.3 Å². The molecule has 0 unspecified atom stereocenters. The first-order chi connectivity index (χ1) is 12.2. The molecule has 0 saturated heterocycles. The van der Waals surface area contributed by atoms with Crippen molar-refractivity contribution < 1.29 is 9.53 Å². The first kappa shape index (κ1) is 16.9. The van der Waals surface area contributed by atoms with E-state index in [1.165, 1.54) is 0 Å². The fourth-order valence-electron chi connectivity index (χ4n) is 2.21. The Labute approximate surface area is 150 Å². The standard InChI is InChI=1S/C19H17N3O2S/c1-25-18-12-14(7-8-16(18)20)24-15-9-10-21-17(11-15)19(23)22-13-5-3-2-4-6-13/h2-12H,20H2,1H3,(H,22,23). The van der Waals surface area contributed by atoms with Gasteiger partial charge in [-0.25, -0.2) is 0 Å². The maximum atomic E-state index is 12.3. The zero-order valence-corrected chi connectivity index (χ0v) is 14.4. The summed E-state index contributed by atoms with van der Waals surface area (Å²) < 4.78 is 5.83. The molecule has 25 heavy (non-hydrogen) atoms. The van der Waals surface area contributed by atoms with Crippen LogP contribution >= 0.6 is 11.8 Å². The van der Waals surface area contributed by atoms with E-state index in [1.807, 2.05) is 42.7 Å². The minimum atomic E-state index is -0.293. The largest absolute Gasteiger partial charge is 0.457 e. The number of pyridine rings is 1. The molecule has 3 rings (SSSR count). The number of hydrogen-bond donors (Lipinski definition) is 2. The molecule has 0 aliphatic carbocycles. The molecule has 3 aromatic rings. The molecule has 0 radical (unpaired) electrons. The molecule has 0 bridgehead atoms. The molecule has 2 aromatic carbocycles. The van der Waals surface area contributed by atoms with Crippen LogP contribution in [-0.2, 0) is 0 Å². The van der Waals surface area contributed by atoms with Crippen LogP contribution in [0.15, 0.2) is 71.8 Å². The molecule has 1 aromatic heterocycles. The van der Waals surface area contributed by atoms with E-state index in [1.54, 1.807) is 42.2 Å². The van der Waals surface area contributed by atoms with Crippen LogP contribution in [0.4, 0.5) is 11.4 Å². The number of nitrogens with zero attached hydrogens (tertiary/aromatic N) is 1. The van der Waals surface area contributed by atoms with Gasteiger partial charge in [-0.3, -0.25) is 9.78 Å². The Bertz CT molecular complexity index is 885. The van der Waals surface area contributed by atoms with Crippen LogP contribution in [0, 0.1) is 0 Å². The first-order valence-electron chi connectivity index (χ1n) is 7.59. The van der Waals surface area contributed by atoms with Gasteiger partial charge in [0.1, 0.15) is 17.2 Å². The average molecular weight is 351 g/mol. The monoisotopic (exact) mass is 351 g/mol. The third-order valence-electron chi connectivity index (χ3n) is 3.44. The molecule has 1 amide bonds. The minimum absolute atomic E-state index is 0.280. The Morgan fingerprint density at radius 3 is 2.60 bits per heavy atom. The van der Waals surface area contributed by atoms with Crippen molar-refractivity contribution in [1.82, 2.24) is 4.98 Å². The molecule has 0 atom stereocenters. The van der Waals surface area contributed by atoms with Crippen molar-refractivity contribution in [2.75, 3.05) is 17.3 Å². The van der Waals surface area contributed by atoms with Crippen molar-refractivity contribution >= 4 is 29.0 Å². The van der Waals surface area contributed by atoms with Gasteiger partial charge >= 0.3 is 0 Å². The summed E-state index contributed by atoms with van der Waals surface area (Å²) in [7, 11) is 0. The summed E-state index contributed by atoms with van der Waals surface area (Å²) in [6, 6.07) is 18.0. The number of rotatable bonds is 5. The van der Waals surface area contributed by atoms with Crippen LogP contribution in [-0.4, -0.2) is 17.1 Å². The minimum Gasteiger partial charge on any atom is -0.457 e. The first-order valence-corrected chi connectivity index (χ1v) is 8.82. The summed E-state index contributed by atoms with van der Waals surface area (Å²) in [6.45, 7) is 0. The predicted octanol–water partition coefficient (Wildman–Crippen LogP) is 4.43. The van der Waals surface area contributed by atoms with Gasteiger partial charge in [0, 0.05) is 28.5 Å². The van der Waals surface area contributed by atoms with Crippen LogP contribution in [0.25, 0.3) is 0 Å². The van der Waals surface area contributed by atoms with Crippen LogP contribution in [0.1, 0.15) is 10.5 Å². The van der Waals surface area contributed by atoms with Crippen molar-refractivity contribution in [2.45, 2.75) is 4.90 Å². The van der Waals surface area contributed by atoms with E-state index in [4.69, 9.17) is 10.5 Å². The van der Waals surface area contributed by atoms with Crippen LogP contribution in [0.2, 0.25) is 0 Å². The Morgan fingerprint density at radius 2 is 1.84 bits per heavy atom. The summed E-state index contributed by atoms with van der Waals surface area (Å²) >= 11 is 1.55. The summed E-state index contributed by atoms with van der Waals surface area (Å²) in [5.41, 5.74) is 7.59. The van der Waals surface area contributed by atoms with Crippen molar-refractivity contribution in [1.29, 1.82) is 0 Å². The lowest BCUT2D eigenvalue weighted by molar-refractivity contribution is 0.102. The van der Waals surface area contributed by atoms with Gasteiger partial charge in [-0.05, 0) is 42.7 Å². The zero-order chi connectivity index (χ0) is 17.6. The van der Waals surface area contributed by atoms with Gasteiger partial charge in [0.15, 0.2) is 0 Å². The van der Waals surface area contributed by atoms with Crippen molar-refractivity contribution in [3.63, 3.8) is 0 Å². The molecular formula is C19H17N3O2S. The van der Waals surface area contributed by atoms with Crippen molar-refractivity contribution in [3.8, 4) is 11.5 Å². The molecule has 1 heterocycles. The summed E-state index contributed by atoms with van der Waals surface area (Å²) in [5, 5.41) is 2.80. The number of nitrogens with two attached hydrogens (primary N) is 1. The quantitative estimate of drug-likeness (QED) is 0.525. The number of para-hydroxylation sites is 1. The van der Waals surface area contributed by atoms with Gasteiger partial charge in [0.05, 0.1) is 0 Å². The van der Waals surface area contributed by atoms with Crippen molar-refractivity contribution in [3.05, 3.63) is 72.6 Å². The van der Waals surface area contributed by atoms with Crippen molar-refractivity contribution in [2.24, 2.45) is 0 Å². The van der Waals surface area contributed by atoms with Gasteiger partial charge in [-0.15, -0.1) is 11.8 Å². The molecule has 0 fully saturated rings. The fourth-order valence-corrected chi connectivity index (χ4v) is 2.74. The Morgan fingerprint density at radius 1 is 1.08 bits per heavy atom. The Balaban J connectivity index is 1.76. The number of aromatic nitrogens is 1. The molecule has 0 aliphatic rings. The van der Waals surface area contributed by atoms with E-state index >= 15 is 0 Å². The highest BCUT2D eigenvalue weighted by molar-refractivity contribution is 7.98. The lowest BCUT2D eigenvalue weighted by Gasteiger charge is -2.10. The number of nitrogens with one attached hydrogen (secondary N) is 1. The third kappa shape index (κ3) is 4.30. The molecule has 5 nitrogen and oxygen atoms in total. The zero-order valence-electron chi connectivity index (χ0n) is 13.6. The number of amides is 1. The lowest BCUT2D eigenvalue weighted by Crippen LogP contribution is -2.13. The predicted molar refractivity (Wildman–Crippen MR) is 101 cm³/mol. The second kappa shape index (κ2) is 7.72. The Hall–Kier alpha value is -2.99. The average Bonchev–Trinajstić information content (AvgIpc) is 2.64. The van der Waals surface area contributed by atoms with E-state index < -0.39 is 0 Å². The maximum absolute atomic E-state index is 12.3. The molecule has 3 N–H and O–H groups in total. The molecule has 0 saturated carbocycles. The van der Waals surface area contributed by atoms with Gasteiger partial charge in [-0.2, -0.15) is 0 Å². The number of nitrogen functional groups attached to an aromatic ring is 1. The number of thioether (sulfide) groups is 1. The highest BCUT2D eigenvalue weighted by atomic mass is 32.2. The molecular weight excluding hydrogens is 334 g/mol. The maximum Gasteiger partial charge on any atom is 0.274 e. The number of anilines is 2. The second-order valence-corrected chi connectivity index (χ2v) is 6.05. The molecule has 126 valence electrons. The van der Waals surface area contributed by atoms with Gasteiger partial charge in [0.25, 0.3) is 5.91 Å². The Kier molecular flexibility index (Phi) is 5.20. The number of benzene rings is 2. The highest BCUT2D eigenvalue weighted by Crippen LogP contribution is 2.30. The molecule has 0 aliphatic heterocycles. The van der Waals surface area contributed by atoms with Gasteiger partial charge < -0.3 is 15.8 Å². The number of carbonyl (C=O) groups is 1. The topological polar surface area (TPSA) is 77.2 Å². The van der Waals surface area contributed by atoms with E-state index in [9.17, 15) is 4.79 Å². The van der Waals surface area contributed by atoms with E-state index in [-0.39, 0.29) is 11.6 Å². The van der Waals surface area contributed by atoms with Crippen LogP contribution in [0.3, 0.4) is 0 Å². The second-order valence-electron chi connectivity index (χ2n) is 5.20. The normalized spacial score (nSPS) is 10.3. The SMILES string of the molecule is CSc1cc(Oc2ccnc(C(=O)Nc3ccccc3)c2)ccc1N. The van der Waals surface area contributed by atoms with Crippen LogP contribution in [0.5, 0.6) is 11.5 Å². The van der Waals surface area contributed by atoms with Gasteiger partial charge in [-0.1, -0.05) is 18.2 Å². The third-order valence-corrected chi connectivity index (χ3v) is 4.23. The fraction of sp³-hybridized carbons (Fsp3) is 0.0526. The summed E-state index contributed by atoms with van der Waals surface area (Å²) in [4.78, 5) is 17.4. The van der Waals surface area contributed by atoms with Gasteiger partial charge in [0.2, 0.25) is 0 Å². The number of hydrogen-bond acceptors (Lipinski definition) is 5. The lowest BCUT2D eigenvalue weighted by atomic mass is 10.2. The number of carbonyl (C=O) groups excluding carboxylic acids is 1. The summed E-state index contributed by atoms with van der Waals surface area (Å²) in [6.07, 6.45) is 3.50. The molecule has 0 spiro atoms. The smallest absolute Gasteiger partial charge is 0.274 e.